The van der Waals surface area contributed by atoms with Gasteiger partial charge in [-0.1, -0.05) is 54.1 Å². The van der Waals surface area contributed by atoms with Crippen LogP contribution in [0, 0.1) is 24.2 Å². The number of hydrogen-bond acceptors (Lipinski definition) is 5. The molecule has 7 rings (SSSR count). The number of aryl methyl sites for hydroxylation is 1. The lowest BCUT2D eigenvalue weighted by Crippen LogP contribution is -2.57. The van der Waals surface area contributed by atoms with E-state index in [-0.39, 0.29) is 29.2 Å². The Kier molecular flexibility index (Phi) is 10.5. The number of halogens is 8. The summed E-state index contributed by atoms with van der Waals surface area (Å²) in [4.78, 5) is 4.10. The maximum absolute atomic E-state index is 14.1. The van der Waals surface area contributed by atoms with Crippen molar-refractivity contribution in [1.29, 1.82) is 0 Å². The maximum atomic E-state index is 14.1. The van der Waals surface area contributed by atoms with Gasteiger partial charge in [-0.2, -0.15) is 35.1 Å². The van der Waals surface area contributed by atoms with Crippen LogP contribution < -0.4 is 0 Å². The first kappa shape index (κ1) is 38.5. The Hall–Kier alpha value is -2.72. The van der Waals surface area contributed by atoms with Gasteiger partial charge < -0.3 is 9.66 Å². The van der Waals surface area contributed by atoms with Crippen molar-refractivity contribution in [2.45, 2.75) is 102 Å². The highest BCUT2D eigenvalue weighted by molar-refractivity contribution is 7.97. The van der Waals surface area contributed by atoms with Crippen LogP contribution in [0.25, 0.3) is 0 Å². The van der Waals surface area contributed by atoms with E-state index in [2.05, 4.69) is 96.6 Å². The second-order valence-electron chi connectivity index (χ2n) is 13.7. The van der Waals surface area contributed by atoms with Crippen LogP contribution in [0.1, 0.15) is 56.9 Å². The molecule has 2 atom stereocenters. The minimum absolute atomic E-state index is 0.0203. The first-order chi connectivity index (χ1) is 23.1. The van der Waals surface area contributed by atoms with Gasteiger partial charge in [0.05, 0.1) is 16.5 Å². The minimum Gasteiger partial charge on any atom is -0.743 e. The summed E-state index contributed by atoms with van der Waals surface area (Å²) >= 11 is 0. The van der Waals surface area contributed by atoms with Crippen LogP contribution in [0.15, 0.2) is 99.6 Å². The van der Waals surface area contributed by atoms with Crippen molar-refractivity contribution in [1.82, 2.24) is 0 Å². The number of alkyl halides is 8. The molecule has 0 spiro atoms. The zero-order valence-corrected chi connectivity index (χ0v) is 28.4. The lowest BCUT2D eigenvalue weighted by atomic mass is 9.47. The van der Waals surface area contributed by atoms with Gasteiger partial charge in [0.15, 0.2) is 24.8 Å². The van der Waals surface area contributed by atoms with Crippen molar-refractivity contribution in [2.75, 3.05) is 0 Å². The molecule has 274 valence electrons. The minimum atomic E-state index is -7.19. The summed E-state index contributed by atoms with van der Waals surface area (Å²) in [5.41, 5.74) is -0.711. The van der Waals surface area contributed by atoms with Crippen LogP contribution in [-0.2, 0) is 25.7 Å². The topological polar surface area (TPSA) is 86.7 Å². The Bertz CT molecular complexity index is 1670. The molecule has 0 heterocycles. The molecular weight excluding hydrogens is 716 g/mol. The third kappa shape index (κ3) is 8.01. The average Bonchev–Trinajstić information content (AvgIpc) is 3.00. The fourth-order valence-electron chi connectivity index (χ4n) is 7.90. The molecule has 0 radical (unpaired) electrons. The van der Waals surface area contributed by atoms with E-state index < -0.39 is 57.4 Å². The Morgan fingerprint density at radius 2 is 1.22 bits per heavy atom. The van der Waals surface area contributed by atoms with Crippen LogP contribution in [-0.4, -0.2) is 47.1 Å². The zero-order valence-electron chi connectivity index (χ0n) is 26.8. The molecule has 3 aromatic carbocycles. The van der Waals surface area contributed by atoms with Gasteiger partial charge in [0, 0.05) is 6.42 Å². The molecule has 5 nitrogen and oxygen atoms in total. The van der Waals surface area contributed by atoms with E-state index in [0.717, 1.165) is 6.42 Å². The number of rotatable bonds is 11. The summed E-state index contributed by atoms with van der Waals surface area (Å²) < 4.78 is 141. The lowest BCUT2D eigenvalue weighted by molar-refractivity contribution is -0.457. The molecule has 0 aromatic heterocycles. The monoisotopic (exact) mass is 752 g/mol. The molecule has 0 saturated heterocycles. The van der Waals surface area contributed by atoms with Crippen LogP contribution in [0.5, 0.6) is 0 Å². The fourth-order valence-corrected chi connectivity index (χ4v) is 10.3. The average molecular weight is 753 g/mol. The molecular formula is C35H36F8O5S2. The first-order valence-corrected chi connectivity index (χ1v) is 18.5. The summed E-state index contributed by atoms with van der Waals surface area (Å²) in [7, 11) is -7.22. The molecule has 1 N–H and O–H groups in total. The predicted octanol–water partition coefficient (Wildman–Crippen LogP) is 9.16. The van der Waals surface area contributed by atoms with Gasteiger partial charge >= 0.3 is 23.4 Å². The van der Waals surface area contributed by atoms with Gasteiger partial charge in [-0.15, -0.1) is 0 Å². The third-order valence-corrected chi connectivity index (χ3v) is 12.8. The summed E-state index contributed by atoms with van der Waals surface area (Å²) in [6.07, 6.45) is -12.7. The number of benzene rings is 3. The number of aliphatic hydroxyl groups is 1. The van der Waals surface area contributed by atoms with Crippen molar-refractivity contribution >= 4 is 21.0 Å². The first-order valence-electron chi connectivity index (χ1n) is 15.9. The van der Waals surface area contributed by atoms with Gasteiger partial charge in [0.2, 0.25) is 0 Å². The smallest absolute Gasteiger partial charge is 0.438 e. The largest absolute Gasteiger partial charge is 0.743 e. The molecule has 50 heavy (non-hydrogen) atoms. The Morgan fingerprint density at radius 3 is 1.66 bits per heavy atom. The van der Waals surface area contributed by atoms with E-state index in [9.17, 15) is 53.2 Å². The quantitative estimate of drug-likeness (QED) is 0.120. The maximum Gasteiger partial charge on any atom is 0.438 e. The molecule has 0 amide bonds. The van der Waals surface area contributed by atoms with Crippen LogP contribution in [0.4, 0.5) is 35.1 Å². The van der Waals surface area contributed by atoms with Gasteiger partial charge in [-0.05, 0) is 106 Å². The van der Waals surface area contributed by atoms with E-state index in [1.807, 2.05) is 0 Å². The van der Waals surface area contributed by atoms with Crippen LogP contribution in [0.3, 0.4) is 0 Å². The summed E-state index contributed by atoms with van der Waals surface area (Å²) in [6.45, 7) is 2.13. The Morgan fingerprint density at radius 1 is 0.760 bits per heavy atom. The van der Waals surface area contributed by atoms with E-state index in [4.69, 9.17) is 0 Å². The van der Waals surface area contributed by atoms with E-state index in [1.165, 1.54) is 20.2 Å². The standard InChI is InChI=1S/C19H17S.C16H20F8O5S/c1-16-12-14-19(15-13-16)20(17-8-4-2-5-9-17)18-10-6-3-7-11-18;17-13(18,14(19,20)29-15(21,22)16(23,24)30(26,27)28)2-1-11-4-9-3-10(5-11)7-12(25,6-9)8-11/h2-15H,1H3;9-10,25H,1-8H2,(H,26,27,28)/q+1;/p-1. The highest BCUT2D eigenvalue weighted by Crippen LogP contribution is 2.64. The zero-order chi connectivity index (χ0) is 36.8. The van der Waals surface area contributed by atoms with Crippen molar-refractivity contribution in [3.63, 3.8) is 0 Å². The third-order valence-electron chi connectivity index (χ3n) is 9.67. The van der Waals surface area contributed by atoms with Gasteiger partial charge in [0.1, 0.15) is 0 Å². The highest BCUT2D eigenvalue weighted by Gasteiger charge is 2.72. The van der Waals surface area contributed by atoms with Gasteiger partial charge in [0.25, 0.3) is 0 Å². The molecule has 4 aliphatic rings. The Balaban J connectivity index is 0.000000210. The molecule has 4 bridgehead atoms. The number of ether oxygens (including phenoxy) is 1. The molecule has 4 saturated carbocycles. The van der Waals surface area contributed by atoms with E-state index >= 15 is 0 Å². The molecule has 0 aliphatic heterocycles. The number of hydrogen-bond donors (Lipinski definition) is 1. The van der Waals surface area contributed by atoms with Crippen LogP contribution >= 0.6 is 0 Å². The van der Waals surface area contributed by atoms with Crippen molar-refractivity contribution in [3.05, 3.63) is 90.5 Å². The van der Waals surface area contributed by atoms with E-state index in [1.54, 1.807) is 0 Å². The normalized spacial score (nSPS) is 25.4. The van der Waals surface area contributed by atoms with Crippen molar-refractivity contribution < 1.29 is 57.9 Å². The lowest BCUT2D eigenvalue weighted by Gasteiger charge is -2.60. The second kappa shape index (κ2) is 13.7. The summed E-state index contributed by atoms with van der Waals surface area (Å²) in [5.74, 6) is -5.33. The van der Waals surface area contributed by atoms with Gasteiger partial charge in [-0.3, -0.25) is 0 Å². The molecule has 3 aromatic rings. The van der Waals surface area contributed by atoms with Crippen LogP contribution in [0.2, 0.25) is 0 Å². The summed E-state index contributed by atoms with van der Waals surface area (Å²) in [6, 6.07) is 30.4. The SMILES string of the molecule is Cc1ccc([S+](c2ccccc2)c2ccccc2)cc1.O=S(=O)([O-])C(F)(F)C(F)(F)OC(F)(F)C(F)(F)CCC12CC3CC(CC(O)(C3)C1)C2. The predicted molar refractivity (Wildman–Crippen MR) is 168 cm³/mol. The second-order valence-corrected chi connectivity index (χ2v) is 17.2. The molecule has 15 heteroatoms. The Labute approximate surface area is 288 Å². The molecule has 4 fully saturated rings. The van der Waals surface area contributed by atoms with Crippen molar-refractivity contribution in [2.24, 2.45) is 17.3 Å². The molecule has 4 aliphatic carbocycles. The fraction of sp³-hybridized carbons (Fsp3) is 0.486. The van der Waals surface area contributed by atoms with Gasteiger partial charge in [-0.25, -0.2) is 13.2 Å². The summed E-state index contributed by atoms with van der Waals surface area (Å²) in [5, 5.41) is 3.85. The molecule has 2 unspecified atom stereocenters. The van der Waals surface area contributed by atoms with E-state index in [0.29, 0.717) is 25.7 Å². The van der Waals surface area contributed by atoms with Crippen molar-refractivity contribution in [3.8, 4) is 0 Å². The highest BCUT2D eigenvalue weighted by atomic mass is 32.2.